The van der Waals surface area contributed by atoms with E-state index in [2.05, 4.69) is 43.1 Å². The van der Waals surface area contributed by atoms with Crippen LogP contribution in [0.1, 0.15) is 11.1 Å². The lowest BCUT2D eigenvalue weighted by Crippen LogP contribution is -1.91. The van der Waals surface area contributed by atoms with Gasteiger partial charge in [0.05, 0.1) is 0 Å². The molecular formula is C8H9BrIN2P. The van der Waals surface area contributed by atoms with Crippen LogP contribution in [-0.4, -0.2) is 6.21 Å². The standard InChI is InChI=1S/C8H9BrIN2P/c1-5-2-6(4-11)8(12-13-10)3-7(5)9/h2-4,11-13H,1H3. The molecule has 5 heteroatoms. The lowest BCUT2D eigenvalue weighted by Gasteiger charge is -2.08. The van der Waals surface area contributed by atoms with Crippen LogP contribution in [0.15, 0.2) is 16.6 Å². The number of hydrogen-bond donors (Lipinski definition) is 2. The summed E-state index contributed by atoms with van der Waals surface area (Å²) in [6, 6.07) is 4.01. The monoisotopic (exact) mass is 370 g/mol. The number of anilines is 1. The Labute approximate surface area is 101 Å². The fourth-order valence-corrected chi connectivity index (χ4v) is 2.52. The highest BCUT2D eigenvalue weighted by molar-refractivity contribution is 14.2. The lowest BCUT2D eigenvalue weighted by molar-refractivity contribution is 1.41. The largest absolute Gasteiger partial charge is 0.358 e. The van der Waals surface area contributed by atoms with E-state index in [1.54, 1.807) is 0 Å². The van der Waals surface area contributed by atoms with Gasteiger partial charge in [-0.3, -0.25) is 0 Å². The van der Waals surface area contributed by atoms with Crippen LogP contribution >= 0.6 is 44.3 Å². The summed E-state index contributed by atoms with van der Waals surface area (Å²) in [4.78, 5) is 0. The summed E-state index contributed by atoms with van der Waals surface area (Å²) >= 11 is 5.74. The first kappa shape index (κ1) is 11.4. The molecule has 2 nitrogen and oxygen atoms in total. The molecule has 0 spiro atoms. The summed E-state index contributed by atoms with van der Waals surface area (Å²) in [6.45, 7) is 2.02. The van der Waals surface area contributed by atoms with Crippen molar-refractivity contribution in [1.82, 2.24) is 0 Å². The highest BCUT2D eigenvalue weighted by Gasteiger charge is 2.02. The Morgan fingerprint density at radius 1 is 1.62 bits per heavy atom. The first-order chi connectivity index (χ1) is 6.19. The van der Waals surface area contributed by atoms with Crippen molar-refractivity contribution >= 4 is 56.2 Å². The summed E-state index contributed by atoms with van der Waals surface area (Å²) in [5.41, 5.74) is 3.10. The van der Waals surface area contributed by atoms with Crippen molar-refractivity contribution in [2.45, 2.75) is 6.92 Å². The minimum Gasteiger partial charge on any atom is -0.358 e. The van der Waals surface area contributed by atoms with E-state index in [0.717, 1.165) is 21.3 Å². The topological polar surface area (TPSA) is 35.9 Å². The molecule has 0 radical (unpaired) electrons. The Hall–Kier alpha value is 0.330. The molecule has 0 aliphatic carbocycles. The Balaban J connectivity index is 3.16. The van der Waals surface area contributed by atoms with Crippen LogP contribution in [0.3, 0.4) is 0 Å². The molecule has 0 saturated carbocycles. The molecule has 0 fully saturated rings. The van der Waals surface area contributed by atoms with E-state index in [0.29, 0.717) is 6.37 Å². The van der Waals surface area contributed by atoms with Crippen molar-refractivity contribution in [3.8, 4) is 0 Å². The van der Waals surface area contributed by atoms with E-state index in [-0.39, 0.29) is 0 Å². The van der Waals surface area contributed by atoms with E-state index in [9.17, 15) is 0 Å². The third-order valence-corrected chi connectivity index (χ3v) is 3.70. The molecule has 0 saturated heterocycles. The van der Waals surface area contributed by atoms with Gasteiger partial charge >= 0.3 is 0 Å². The fraction of sp³-hybridized carbons (Fsp3) is 0.125. The number of rotatable bonds is 3. The van der Waals surface area contributed by atoms with Crippen molar-refractivity contribution < 1.29 is 0 Å². The maximum atomic E-state index is 7.25. The van der Waals surface area contributed by atoms with Gasteiger partial charge in [0, 0.05) is 28.3 Å². The predicted molar refractivity (Wildman–Crippen MR) is 72.7 cm³/mol. The van der Waals surface area contributed by atoms with Gasteiger partial charge in [0.25, 0.3) is 0 Å². The van der Waals surface area contributed by atoms with Crippen molar-refractivity contribution in [2.75, 3.05) is 5.09 Å². The Bertz CT molecular complexity index is 330. The maximum Gasteiger partial charge on any atom is 0.0476 e. The van der Waals surface area contributed by atoms with Crippen LogP contribution in [0, 0.1) is 12.3 Å². The molecule has 1 aromatic carbocycles. The zero-order valence-electron chi connectivity index (χ0n) is 6.99. The van der Waals surface area contributed by atoms with Crippen molar-refractivity contribution in [1.29, 1.82) is 5.41 Å². The molecule has 0 aliphatic heterocycles. The molecular weight excluding hydrogens is 362 g/mol. The van der Waals surface area contributed by atoms with Gasteiger partial charge < -0.3 is 10.5 Å². The quantitative estimate of drug-likeness (QED) is 0.469. The Morgan fingerprint density at radius 2 is 2.31 bits per heavy atom. The van der Waals surface area contributed by atoms with Crippen LogP contribution in [0.4, 0.5) is 5.69 Å². The first-order valence-corrected chi connectivity index (χ1v) is 8.52. The fourth-order valence-electron chi connectivity index (χ4n) is 0.982. The average molecular weight is 371 g/mol. The lowest BCUT2D eigenvalue weighted by atomic mass is 10.1. The maximum absolute atomic E-state index is 7.25. The molecule has 2 N–H and O–H groups in total. The molecule has 0 aromatic heterocycles. The number of hydrogen-bond acceptors (Lipinski definition) is 2. The van der Waals surface area contributed by atoms with Gasteiger partial charge in [-0.05, 0) is 46.7 Å². The number of nitrogens with one attached hydrogen (secondary N) is 2. The Kier molecular flexibility index (Phi) is 4.62. The second kappa shape index (κ2) is 5.27. The molecule has 0 heterocycles. The van der Waals surface area contributed by atoms with Crippen molar-refractivity contribution in [3.63, 3.8) is 0 Å². The number of halogens is 2. The molecule has 0 amide bonds. The zero-order chi connectivity index (χ0) is 9.84. The van der Waals surface area contributed by atoms with E-state index in [1.807, 2.05) is 19.1 Å². The van der Waals surface area contributed by atoms with Gasteiger partial charge in [-0.15, -0.1) is 0 Å². The van der Waals surface area contributed by atoms with Gasteiger partial charge in [0.2, 0.25) is 0 Å². The van der Waals surface area contributed by atoms with Gasteiger partial charge in [0.15, 0.2) is 0 Å². The summed E-state index contributed by atoms with van der Waals surface area (Å²) in [5.74, 6) is 0. The second-order valence-electron chi connectivity index (χ2n) is 2.55. The molecule has 1 unspecified atom stereocenters. The summed E-state index contributed by atoms with van der Waals surface area (Å²) in [6.07, 6.45) is 2.00. The first-order valence-electron chi connectivity index (χ1n) is 3.61. The second-order valence-corrected chi connectivity index (χ2v) is 5.46. The minimum absolute atomic E-state index is 0.624. The molecule has 70 valence electrons. The number of aryl methyl sites for hydroxylation is 1. The van der Waals surface area contributed by atoms with Crippen molar-refractivity contribution in [3.05, 3.63) is 27.7 Å². The van der Waals surface area contributed by atoms with Crippen LogP contribution in [0.5, 0.6) is 0 Å². The van der Waals surface area contributed by atoms with Crippen LogP contribution < -0.4 is 5.09 Å². The van der Waals surface area contributed by atoms with Gasteiger partial charge in [-0.25, -0.2) is 0 Å². The normalized spacial score (nSPS) is 10.7. The molecule has 1 aromatic rings. The number of benzene rings is 1. The highest BCUT2D eigenvalue weighted by atomic mass is 127. The smallest absolute Gasteiger partial charge is 0.0476 e. The molecule has 0 aliphatic rings. The summed E-state index contributed by atoms with van der Waals surface area (Å²) < 4.78 is 1.08. The van der Waals surface area contributed by atoms with E-state index >= 15 is 0 Å². The molecule has 13 heavy (non-hydrogen) atoms. The predicted octanol–water partition coefficient (Wildman–Crippen LogP) is 4.11. The SMILES string of the molecule is Cc1cc(C=N)c(NPI)cc1Br. The third-order valence-electron chi connectivity index (χ3n) is 1.67. The van der Waals surface area contributed by atoms with Gasteiger partial charge in [-0.2, -0.15) is 0 Å². The Morgan fingerprint density at radius 3 is 2.85 bits per heavy atom. The van der Waals surface area contributed by atoms with Crippen LogP contribution in [-0.2, 0) is 0 Å². The molecule has 1 rings (SSSR count). The average Bonchev–Trinajstić information content (AvgIpc) is 2.11. The van der Waals surface area contributed by atoms with E-state index in [1.165, 1.54) is 6.21 Å². The third kappa shape index (κ3) is 2.89. The van der Waals surface area contributed by atoms with Gasteiger partial charge in [0.1, 0.15) is 0 Å². The van der Waals surface area contributed by atoms with Crippen molar-refractivity contribution in [2.24, 2.45) is 0 Å². The van der Waals surface area contributed by atoms with E-state index < -0.39 is 0 Å². The molecule has 1 atom stereocenters. The minimum atomic E-state index is 0.624. The zero-order valence-corrected chi connectivity index (χ0v) is 11.7. The van der Waals surface area contributed by atoms with Crippen LogP contribution in [0.25, 0.3) is 0 Å². The summed E-state index contributed by atoms with van der Waals surface area (Å²) in [5, 5.41) is 10.5. The van der Waals surface area contributed by atoms with Crippen LogP contribution in [0.2, 0.25) is 0 Å². The van der Waals surface area contributed by atoms with E-state index in [4.69, 9.17) is 5.41 Å². The van der Waals surface area contributed by atoms with Gasteiger partial charge in [-0.1, -0.05) is 15.9 Å². The summed E-state index contributed by atoms with van der Waals surface area (Å²) in [7, 11) is 0. The molecule has 0 bridgehead atoms. The highest BCUT2D eigenvalue weighted by Crippen LogP contribution is 2.30.